The van der Waals surface area contributed by atoms with Gasteiger partial charge in [-0.1, -0.05) is 13.2 Å². The second-order valence-electron chi connectivity index (χ2n) is 4.26. The van der Waals surface area contributed by atoms with Crippen molar-refractivity contribution in [2.45, 2.75) is 36.0 Å². The van der Waals surface area contributed by atoms with Gasteiger partial charge in [-0.05, 0) is 0 Å². The average Bonchev–Trinajstić information content (AvgIpc) is 2.30. The van der Waals surface area contributed by atoms with Gasteiger partial charge in [0.15, 0.2) is 11.5 Å². The minimum absolute atomic E-state index is 1.68. The standard InChI is InChI=1S/C10H4F14O/c1-3(5(11,7(13,14)15)8(16,17)18)25-4(2)6(12,9(19,20)21)10(22,23)24/h1-2H2. The monoisotopic (exact) mass is 406 g/mol. The van der Waals surface area contributed by atoms with Gasteiger partial charge in [-0.15, -0.1) is 0 Å². The fourth-order valence-electron chi connectivity index (χ4n) is 1.24. The van der Waals surface area contributed by atoms with Gasteiger partial charge in [0.25, 0.3) is 0 Å². The van der Waals surface area contributed by atoms with Crippen LogP contribution in [0.5, 0.6) is 0 Å². The van der Waals surface area contributed by atoms with E-state index in [4.69, 9.17) is 0 Å². The van der Waals surface area contributed by atoms with Gasteiger partial charge >= 0.3 is 36.0 Å². The van der Waals surface area contributed by atoms with Crippen LogP contribution in [0.15, 0.2) is 24.7 Å². The summed E-state index contributed by atoms with van der Waals surface area (Å²) in [6.45, 7) is 3.36. The third-order valence-corrected chi connectivity index (χ3v) is 2.58. The Morgan fingerprint density at radius 2 is 0.600 bits per heavy atom. The lowest BCUT2D eigenvalue weighted by molar-refractivity contribution is -0.345. The van der Waals surface area contributed by atoms with E-state index in [1.54, 1.807) is 13.2 Å². The van der Waals surface area contributed by atoms with Crippen LogP contribution in [-0.2, 0) is 4.74 Å². The van der Waals surface area contributed by atoms with Crippen LogP contribution in [0.25, 0.3) is 0 Å². The minimum atomic E-state index is -6.96. The number of halogens is 14. The van der Waals surface area contributed by atoms with Crippen LogP contribution in [0.4, 0.5) is 61.5 Å². The van der Waals surface area contributed by atoms with E-state index in [1.807, 2.05) is 0 Å². The lowest BCUT2D eigenvalue weighted by Crippen LogP contribution is -2.57. The lowest BCUT2D eigenvalue weighted by Gasteiger charge is -2.35. The maximum absolute atomic E-state index is 13.3. The van der Waals surface area contributed by atoms with E-state index in [-0.39, 0.29) is 0 Å². The lowest BCUT2D eigenvalue weighted by atomic mass is 10.0. The molecule has 0 aliphatic rings. The molecule has 148 valence electrons. The summed E-state index contributed by atoms with van der Waals surface area (Å²) in [5.74, 6) is -6.68. The molecule has 25 heavy (non-hydrogen) atoms. The predicted octanol–water partition coefficient (Wildman–Crippen LogP) is 5.70. The molecule has 0 heterocycles. The highest BCUT2D eigenvalue weighted by molar-refractivity contribution is 5.22. The molecule has 0 bridgehead atoms. The van der Waals surface area contributed by atoms with Gasteiger partial charge in [0.2, 0.25) is 0 Å². The number of ether oxygens (including phenoxy) is 1. The van der Waals surface area contributed by atoms with Gasteiger partial charge in [-0.25, -0.2) is 8.78 Å². The van der Waals surface area contributed by atoms with E-state index in [0.29, 0.717) is 0 Å². The van der Waals surface area contributed by atoms with E-state index in [0.717, 1.165) is 0 Å². The molecular weight excluding hydrogens is 402 g/mol. The van der Waals surface area contributed by atoms with Crippen molar-refractivity contribution in [3.63, 3.8) is 0 Å². The van der Waals surface area contributed by atoms with Crippen molar-refractivity contribution < 1.29 is 66.2 Å². The fraction of sp³-hybridized carbons (Fsp3) is 0.600. The Morgan fingerprint density at radius 3 is 0.720 bits per heavy atom. The molecule has 0 spiro atoms. The van der Waals surface area contributed by atoms with Crippen molar-refractivity contribution in [2.24, 2.45) is 0 Å². The van der Waals surface area contributed by atoms with E-state index in [1.165, 1.54) is 0 Å². The van der Waals surface area contributed by atoms with E-state index in [9.17, 15) is 61.5 Å². The molecule has 0 radical (unpaired) electrons. The predicted molar refractivity (Wildman–Crippen MR) is 51.3 cm³/mol. The Balaban J connectivity index is 6.08. The van der Waals surface area contributed by atoms with Crippen molar-refractivity contribution in [1.82, 2.24) is 0 Å². The van der Waals surface area contributed by atoms with Gasteiger partial charge < -0.3 is 4.74 Å². The third kappa shape index (κ3) is 3.63. The molecule has 0 atom stereocenters. The molecule has 0 aliphatic heterocycles. The first-order valence-electron chi connectivity index (χ1n) is 5.26. The molecule has 0 aliphatic carbocycles. The third-order valence-electron chi connectivity index (χ3n) is 2.58. The van der Waals surface area contributed by atoms with Crippen LogP contribution in [0.3, 0.4) is 0 Å². The van der Waals surface area contributed by atoms with Crippen LogP contribution in [-0.4, -0.2) is 36.0 Å². The molecule has 15 heteroatoms. The summed E-state index contributed by atoms with van der Waals surface area (Å²) in [5, 5.41) is 0. The summed E-state index contributed by atoms with van der Waals surface area (Å²) in [4.78, 5) is 0. The zero-order valence-electron chi connectivity index (χ0n) is 11.1. The molecule has 0 saturated heterocycles. The molecular formula is C10H4F14O. The number of rotatable bonds is 4. The summed E-state index contributed by atoms with van der Waals surface area (Å²) in [6, 6.07) is 0. The molecule has 0 rings (SSSR count). The van der Waals surface area contributed by atoms with Gasteiger partial charge in [0.1, 0.15) is 0 Å². The second kappa shape index (κ2) is 5.93. The number of alkyl halides is 14. The molecule has 0 N–H and O–H groups in total. The summed E-state index contributed by atoms with van der Waals surface area (Å²) in [7, 11) is 0. The molecule has 1 nitrogen and oxygen atoms in total. The van der Waals surface area contributed by atoms with Crippen molar-refractivity contribution >= 4 is 0 Å². The first-order chi connectivity index (χ1) is 10.5. The minimum Gasteiger partial charge on any atom is -0.459 e. The number of hydrogen-bond acceptors (Lipinski definition) is 1. The average molecular weight is 406 g/mol. The fourth-order valence-corrected chi connectivity index (χ4v) is 1.24. The van der Waals surface area contributed by atoms with Crippen molar-refractivity contribution in [3.8, 4) is 0 Å². The highest BCUT2D eigenvalue weighted by Gasteiger charge is 2.78. The highest BCUT2D eigenvalue weighted by atomic mass is 19.4. The van der Waals surface area contributed by atoms with Gasteiger partial charge in [-0.3, -0.25) is 0 Å². The largest absolute Gasteiger partial charge is 0.459 e. The molecule has 0 aromatic rings. The molecule has 0 amide bonds. The second-order valence-corrected chi connectivity index (χ2v) is 4.26. The van der Waals surface area contributed by atoms with E-state index < -0.39 is 47.6 Å². The first kappa shape index (κ1) is 23.3. The number of allylic oxidation sites excluding steroid dienone is 2. The Morgan fingerprint density at radius 1 is 0.440 bits per heavy atom. The molecule has 0 unspecified atom stereocenters. The quantitative estimate of drug-likeness (QED) is 0.430. The van der Waals surface area contributed by atoms with Gasteiger partial charge in [0.05, 0.1) is 0 Å². The highest BCUT2D eigenvalue weighted by Crippen LogP contribution is 2.54. The maximum Gasteiger partial charge on any atom is 0.439 e. The Kier molecular flexibility index (Phi) is 5.53. The zero-order chi connectivity index (χ0) is 20.9. The SMILES string of the molecule is C=C(OC(=C)C(F)(C(F)(F)F)C(F)(F)F)C(F)(C(F)(F)F)C(F)(F)F. The topological polar surface area (TPSA) is 9.23 Å². The van der Waals surface area contributed by atoms with E-state index in [2.05, 4.69) is 4.74 Å². The Hall–Kier alpha value is -1.70. The maximum atomic E-state index is 13.3. The Labute approximate surface area is 128 Å². The van der Waals surface area contributed by atoms with E-state index >= 15 is 0 Å². The Bertz CT molecular complexity index is 454. The van der Waals surface area contributed by atoms with Crippen molar-refractivity contribution in [3.05, 3.63) is 24.7 Å². The summed E-state index contributed by atoms with van der Waals surface area (Å²) < 4.78 is 177. The number of hydrogen-bond donors (Lipinski definition) is 0. The molecule has 0 aromatic heterocycles. The van der Waals surface area contributed by atoms with Crippen LogP contribution in [0.1, 0.15) is 0 Å². The van der Waals surface area contributed by atoms with Gasteiger partial charge in [-0.2, -0.15) is 52.7 Å². The first-order valence-corrected chi connectivity index (χ1v) is 5.26. The smallest absolute Gasteiger partial charge is 0.439 e. The molecule has 0 saturated carbocycles. The molecule has 0 aromatic carbocycles. The molecule has 0 fully saturated rings. The van der Waals surface area contributed by atoms with Crippen LogP contribution >= 0.6 is 0 Å². The van der Waals surface area contributed by atoms with Crippen molar-refractivity contribution in [1.29, 1.82) is 0 Å². The summed E-state index contributed by atoms with van der Waals surface area (Å²) in [5.41, 5.74) is -13.2. The summed E-state index contributed by atoms with van der Waals surface area (Å²) >= 11 is 0. The zero-order valence-corrected chi connectivity index (χ0v) is 11.1. The van der Waals surface area contributed by atoms with Crippen molar-refractivity contribution in [2.75, 3.05) is 0 Å². The summed E-state index contributed by atoms with van der Waals surface area (Å²) in [6.07, 6.45) is -27.8. The van der Waals surface area contributed by atoms with Crippen LogP contribution in [0, 0.1) is 0 Å². The van der Waals surface area contributed by atoms with Crippen LogP contribution < -0.4 is 0 Å². The normalized spacial score (nSPS) is 15.1. The van der Waals surface area contributed by atoms with Crippen LogP contribution in [0.2, 0.25) is 0 Å². The van der Waals surface area contributed by atoms with Gasteiger partial charge in [0, 0.05) is 0 Å².